The van der Waals surface area contributed by atoms with E-state index in [1.807, 2.05) is 31.7 Å². The minimum absolute atomic E-state index is 0.0506. The first-order chi connectivity index (χ1) is 10.6. The molecule has 3 rings (SSSR count). The van der Waals surface area contributed by atoms with Gasteiger partial charge in [0.05, 0.1) is 11.7 Å². The molecule has 0 bridgehead atoms. The van der Waals surface area contributed by atoms with Crippen molar-refractivity contribution in [2.75, 3.05) is 6.54 Å². The van der Waals surface area contributed by atoms with Gasteiger partial charge in [0.2, 0.25) is 5.91 Å². The van der Waals surface area contributed by atoms with E-state index < -0.39 is 0 Å². The summed E-state index contributed by atoms with van der Waals surface area (Å²) in [5, 5.41) is 8.01. The van der Waals surface area contributed by atoms with E-state index in [-0.39, 0.29) is 11.9 Å². The Morgan fingerprint density at radius 2 is 2.14 bits per heavy atom. The molecule has 3 heterocycles. The zero-order valence-electron chi connectivity index (χ0n) is 13.3. The van der Waals surface area contributed by atoms with Crippen molar-refractivity contribution in [1.82, 2.24) is 15.2 Å². The van der Waals surface area contributed by atoms with Crippen LogP contribution in [0.1, 0.15) is 53.8 Å². The van der Waals surface area contributed by atoms with Crippen LogP contribution in [-0.4, -0.2) is 27.7 Å². The molecule has 0 aromatic carbocycles. The predicted octanol–water partition coefficient (Wildman–Crippen LogP) is 2.88. The molecule has 22 heavy (non-hydrogen) atoms. The molecule has 0 aliphatic carbocycles. The molecule has 0 spiro atoms. The Hall–Kier alpha value is -2.11. The van der Waals surface area contributed by atoms with Crippen LogP contribution in [0, 0.1) is 20.8 Å². The van der Waals surface area contributed by atoms with E-state index in [0.29, 0.717) is 12.8 Å². The number of hydrogen-bond acceptors (Lipinski definition) is 5. The fourth-order valence-electron chi connectivity index (χ4n) is 3.15. The number of aryl methyl sites for hydroxylation is 3. The van der Waals surface area contributed by atoms with E-state index in [2.05, 4.69) is 10.3 Å². The number of amides is 1. The Balaban J connectivity index is 1.66. The van der Waals surface area contributed by atoms with Gasteiger partial charge in [-0.15, -0.1) is 0 Å². The van der Waals surface area contributed by atoms with Crippen LogP contribution < -0.4 is 0 Å². The van der Waals surface area contributed by atoms with Crippen molar-refractivity contribution in [3.05, 3.63) is 34.5 Å². The third-order valence-corrected chi connectivity index (χ3v) is 4.33. The number of likely N-dealkylation sites (tertiary alicyclic amines) is 1. The molecule has 1 saturated heterocycles. The molecule has 1 aliphatic rings. The summed E-state index contributed by atoms with van der Waals surface area (Å²) in [5.74, 6) is 1.74. The molecule has 1 aliphatic heterocycles. The van der Waals surface area contributed by atoms with E-state index in [0.717, 1.165) is 47.9 Å². The van der Waals surface area contributed by atoms with Gasteiger partial charge in [-0.05, 0) is 40.0 Å². The summed E-state index contributed by atoms with van der Waals surface area (Å²) in [6.07, 6.45) is 3.09. The number of rotatable bonds is 4. The summed E-state index contributed by atoms with van der Waals surface area (Å²) in [5.41, 5.74) is 2.78. The lowest BCUT2D eigenvalue weighted by Gasteiger charge is -2.23. The van der Waals surface area contributed by atoms with Crippen LogP contribution in [0.3, 0.4) is 0 Å². The van der Waals surface area contributed by atoms with Crippen molar-refractivity contribution in [2.45, 2.75) is 52.5 Å². The van der Waals surface area contributed by atoms with Crippen LogP contribution in [0.5, 0.6) is 0 Å². The van der Waals surface area contributed by atoms with E-state index in [4.69, 9.17) is 9.05 Å². The molecule has 2 aromatic heterocycles. The SMILES string of the molecule is Cc1cc([C@H]2CCCN2C(=O)CCc2c(C)noc2C)no1. The first kappa shape index (κ1) is 14.8. The molecule has 6 nitrogen and oxygen atoms in total. The molecule has 0 saturated carbocycles. The molecule has 2 aromatic rings. The van der Waals surface area contributed by atoms with Gasteiger partial charge in [0, 0.05) is 24.6 Å². The number of hydrogen-bond donors (Lipinski definition) is 0. The number of carbonyl (C=O) groups is 1. The van der Waals surface area contributed by atoms with E-state index in [9.17, 15) is 4.79 Å². The largest absolute Gasteiger partial charge is 0.361 e. The van der Waals surface area contributed by atoms with Gasteiger partial charge >= 0.3 is 0 Å². The molecule has 0 unspecified atom stereocenters. The second-order valence-corrected chi connectivity index (χ2v) is 5.91. The summed E-state index contributed by atoms with van der Waals surface area (Å²) in [7, 11) is 0. The molecule has 0 N–H and O–H groups in total. The maximum absolute atomic E-state index is 12.6. The van der Waals surface area contributed by atoms with Gasteiger partial charge in [0.1, 0.15) is 17.2 Å². The molecule has 1 fully saturated rings. The van der Waals surface area contributed by atoms with Gasteiger partial charge in [-0.2, -0.15) is 0 Å². The van der Waals surface area contributed by atoms with Gasteiger partial charge < -0.3 is 13.9 Å². The number of nitrogens with zero attached hydrogens (tertiary/aromatic N) is 3. The van der Waals surface area contributed by atoms with Gasteiger partial charge in [-0.1, -0.05) is 10.3 Å². The highest BCUT2D eigenvalue weighted by molar-refractivity contribution is 5.77. The first-order valence-corrected chi connectivity index (χ1v) is 7.70. The van der Waals surface area contributed by atoms with Gasteiger partial charge in [-0.25, -0.2) is 0 Å². The van der Waals surface area contributed by atoms with Crippen molar-refractivity contribution in [3.63, 3.8) is 0 Å². The van der Waals surface area contributed by atoms with E-state index in [1.54, 1.807) is 0 Å². The van der Waals surface area contributed by atoms with E-state index in [1.165, 1.54) is 0 Å². The predicted molar refractivity (Wildman–Crippen MR) is 79.2 cm³/mol. The standard InChI is InChI=1S/C16H21N3O3/c1-10-9-14(18-21-10)15-5-4-8-19(15)16(20)7-6-13-11(2)17-22-12(13)3/h9,15H,4-8H2,1-3H3/t15-/m1/s1. The Labute approximate surface area is 129 Å². The molecular weight excluding hydrogens is 282 g/mol. The molecule has 6 heteroatoms. The third-order valence-electron chi connectivity index (χ3n) is 4.33. The summed E-state index contributed by atoms with van der Waals surface area (Å²) < 4.78 is 10.3. The second-order valence-electron chi connectivity index (χ2n) is 5.91. The fraction of sp³-hybridized carbons (Fsp3) is 0.562. The van der Waals surface area contributed by atoms with Crippen LogP contribution >= 0.6 is 0 Å². The quantitative estimate of drug-likeness (QED) is 0.868. The smallest absolute Gasteiger partial charge is 0.223 e. The Morgan fingerprint density at radius 1 is 1.32 bits per heavy atom. The van der Waals surface area contributed by atoms with Crippen molar-refractivity contribution < 1.29 is 13.8 Å². The molecule has 1 atom stereocenters. The lowest BCUT2D eigenvalue weighted by molar-refractivity contribution is -0.132. The zero-order chi connectivity index (χ0) is 15.7. The van der Waals surface area contributed by atoms with Gasteiger partial charge in [0.25, 0.3) is 0 Å². The van der Waals surface area contributed by atoms with E-state index >= 15 is 0 Å². The summed E-state index contributed by atoms with van der Waals surface area (Å²) in [6, 6.07) is 1.97. The Morgan fingerprint density at radius 3 is 2.77 bits per heavy atom. The fourth-order valence-corrected chi connectivity index (χ4v) is 3.15. The van der Waals surface area contributed by atoms with Crippen LogP contribution in [0.15, 0.2) is 15.1 Å². The first-order valence-electron chi connectivity index (χ1n) is 7.70. The number of aromatic nitrogens is 2. The second kappa shape index (κ2) is 5.94. The Kier molecular flexibility index (Phi) is 4.00. The highest BCUT2D eigenvalue weighted by Gasteiger charge is 2.31. The van der Waals surface area contributed by atoms with Crippen LogP contribution in [0.2, 0.25) is 0 Å². The minimum atomic E-state index is 0.0506. The van der Waals surface area contributed by atoms with Crippen LogP contribution in [-0.2, 0) is 11.2 Å². The molecule has 1 amide bonds. The number of carbonyl (C=O) groups excluding carboxylic acids is 1. The molecule has 118 valence electrons. The lowest BCUT2D eigenvalue weighted by atomic mass is 10.1. The topological polar surface area (TPSA) is 72.4 Å². The van der Waals surface area contributed by atoms with Gasteiger partial charge in [-0.3, -0.25) is 4.79 Å². The lowest BCUT2D eigenvalue weighted by Crippen LogP contribution is -2.30. The minimum Gasteiger partial charge on any atom is -0.361 e. The molecular formula is C16H21N3O3. The normalized spacial score (nSPS) is 18.1. The maximum atomic E-state index is 12.6. The maximum Gasteiger partial charge on any atom is 0.223 e. The van der Waals surface area contributed by atoms with Crippen molar-refractivity contribution >= 4 is 5.91 Å². The van der Waals surface area contributed by atoms with Crippen LogP contribution in [0.4, 0.5) is 0 Å². The molecule has 0 radical (unpaired) electrons. The third kappa shape index (κ3) is 2.77. The zero-order valence-corrected chi connectivity index (χ0v) is 13.3. The van der Waals surface area contributed by atoms with Crippen molar-refractivity contribution in [3.8, 4) is 0 Å². The Bertz CT molecular complexity index is 654. The van der Waals surface area contributed by atoms with Crippen LogP contribution in [0.25, 0.3) is 0 Å². The average Bonchev–Trinajstić information content (AvgIpc) is 3.18. The summed E-state index contributed by atoms with van der Waals surface area (Å²) in [4.78, 5) is 14.5. The highest BCUT2D eigenvalue weighted by Crippen LogP contribution is 2.32. The monoisotopic (exact) mass is 303 g/mol. The van der Waals surface area contributed by atoms with Crippen molar-refractivity contribution in [1.29, 1.82) is 0 Å². The summed E-state index contributed by atoms with van der Waals surface area (Å²) in [6.45, 7) is 6.45. The average molecular weight is 303 g/mol. The van der Waals surface area contributed by atoms with Crippen molar-refractivity contribution in [2.24, 2.45) is 0 Å². The summed E-state index contributed by atoms with van der Waals surface area (Å²) >= 11 is 0. The highest BCUT2D eigenvalue weighted by atomic mass is 16.5. The van der Waals surface area contributed by atoms with Gasteiger partial charge in [0.15, 0.2) is 0 Å².